The summed E-state index contributed by atoms with van der Waals surface area (Å²) in [6, 6.07) is 6.49. The van der Waals surface area contributed by atoms with Gasteiger partial charge < -0.3 is 20.9 Å². The predicted molar refractivity (Wildman–Crippen MR) is 96.2 cm³/mol. The third-order valence-corrected chi connectivity index (χ3v) is 4.32. The fourth-order valence-electron chi connectivity index (χ4n) is 2.94. The van der Waals surface area contributed by atoms with E-state index in [0.29, 0.717) is 30.5 Å². The predicted octanol–water partition coefficient (Wildman–Crippen LogP) is 2.07. The second-order valence-corrected chi connectivity index (χ2v) is 6.92. The average Bonchev–Trinajstić information content (AvgIpc) is 2.53. The summed E-state index contributed by atoms with van der Waals surface area (Å²) < 4.78 is 0. The molecule has 3 N–H and O–H groups in total. The summed E-state index contributed by atoms with van der Waals surface area (Å²) in [7, 11) is 0. The van der Waals surface area contributed by atoms with E-state index < -0.39 is 12.1 Å². The molecule has 1 aliphatic rings. The Morgan fingerprint density at radius 3 is 2.46 bits per heavy atom. The number of rotatable bonds is 5. The van der Waals surface area contributed by atoms with Gasteiger partial charge in [0.2, 0.25) is 5.91 Å². The van der Waals surface area contributed by atoms with Crippen molar-refractivity contribution in [1.82, 2.24) is 10.2 Å². The minimum atomic E-state index is -0.661. The van der Waals surface area contributed by atoms with Crippen LogP contribution in [0.1, 0.15) is 20.3 Å². The zero-order valence-corrected chi connectivity index (χ0v) is 14.9. The van der Waals surface area contributed by atoms with Crippen LogP contribution in [0.3, 0.4) is 0 Å². The third-order valence-electron chi connectivity index (χ3n) is 4.09. The number of anilines is 1. The lowest BCUT2D eigenvalue weighted by atomic mass is 10.0. The van der Waals surface area contributed by atoms with E-state index in [1.54, 1.807) is 4.90 Å². The van der Waals surface area contributed by atoms with Crippen LogP contribution in [0.4, 0.5) is 10.5 Å². The quantitative estimate of drug-likeness (QED) is 0.851. The van der Waals surface area contributed by atoms with Crippen molar-refractivity contribution < 1.29 is 9.59 Å². The Kier molecular flexibility index (Phi) is 6.31. The molecule has 1 fully saturated rings. The molecule has 0 bridgehead atoms. The largest absolute Gasteiger partial charge is 0.368 e. The van der Waals surface area contributed by atoms with Crippen LogP contribution in [-0.4, -0.2) is 49.1 Å². The lowest BCUT2D eigenvalue weighted by molar-refractivity contribution is -0.133. The Morgan fingerprint density at radius 2 is 1.92 bits per heavy atom. The summed E-state index contributed by atoms with van der Waals surface area (Å²) in [5.41, 5.74) is 6.27. The molecule has 1 aromatic carbocycles. The summed E-state index contributed by atoms with van der Waals surface area (Å²) in [5.74, 6) is 0.229. The SMILES string of the molecule is CC(C)C[C@H](NC(N)=O)C(=O)N1CCN(c2cccc(Cl)c2)CC1. The highest BCUT2D eigenvalue weighted by atomic mass is 35.5. The number of amides is 3. The van der Waals surface area contributed by atoms with Crippen molar-refractivity contribution in [3.8, 4) is 0 Å². The molecule has 6 nitrogen and oxygen atoms in total. The van der Waals surface area contributed by atoms with Crippen molar-refractivity contribution >= 4 is 29.2 Å². The summed E-state index contributed by atoms with van der Waals surface area (Å²) >= 11 is 6.04. The molecule has 7 heteroatoms. The van der Waals surface area contributed by atoms with Gasteiger partial charge in [-0.25, -0.2) is 4.79 Å². The smallest absolute Gasteiger partial charge is 0.312 e. The molecule has 2 rings (SSSR count). The van der Waals surface area contributed by atoms with Crippen LogP contribution in [0.2, 0.25) is 5.02 Å². The van der Waals surface area contributed by atoms with Gasteiger partial charge in [-0.2, -0.15) is 0 Å². The van der Waals surface area contributed by atoms with E-state index in [0.717, 1.165) is 18.8 Å². The maximum atomic E-state index is 12.7. The number of nitrogens with one attached hydrogen (secondary N) is 1. The molecule has 0 unspecified atom stereocenters. The zero-order chi connectivity index (χ0) is 17.7. The van der Waals surface area contributed by atoms with E-state index >= 15 is 0 Å². The molecule has 1 saturated heterocycles. The van der Waals surface area contributed by atoms with Crippen LogP contribution in [0, 0.1) is 5.92 Å². The monoisotopic (exact) mass is 352 g/mol. The zero-order valence-electron chi connectivity index (χ0n) is 14.2. The lowest BCUT2D eigenvalue weighted by Crippen LogP contribution is -2.56. The first kappa shape index (κ1) is 18.4. The van der Waals surface area contributed by atoms with E-state index in [1.165, 1.54) is 0 Å². The van der Waals surface area contributed by atoms with Crippen LogP contribution in [-0.2, 0) is 4.79 Å². The molecule has 0 saturated carbocycles. The Bertz CT molecular complexity index is 586. The third kappa shape index (κ3) is 5.03. The van der Waals surface area contributed by atoms with Crippen molar-refractivity contribution in [2.75, 3.05) is 31.1 Å². The maximum absolute atomic E-state index is 12.7. The van der Waals surface area contributed by atoms with Crippen LogP contribution in [0.25, 0.3) is 0 Å². The number of halogens is 1. The van der Waals surface area contributed by atoms with Crippen LogP contribution >= 0.6 is 11.6 Å². The first-order valence-electron chi connectivity index (χ1n) is 8.22. The van der Waals surface area contributed by atoms with E-state index in [-0.39, 0.29) is 5.91 Å². The highest BCUT2D eigenvalue weighted by molar-refractivity contribution is 6.30. The average molecular weight is 353 g/mol. The highest BCUT2D eigenvalue weighted by Crippen LogP contribution is 2.21. The fourth-order valence-corrected chi connectivity index (χ4v) is 3.13. The molecule has 1 aromatic rings. The number of hydrogen-bond donors (Lipinski definition) is 2. The van der Waals surface area contributed by atoms with Crippen molar-refractivity contribution in [1.29, 1.82) is 0 Å². The maximum Gasteiger partial charge on any atom is 0.312 e. The van der Waals surface area contributed by atoms with Crippen LogP contribution in [0.15, 0.2) is 24.3 Å². The highest BCUT2D eigenvalue weighted by Gasteiger charge is 2.28. The fraction of sp³-hybridized carbons (Fsp3) is 0.529. The normalized spacial score (nSPS) is 16.2. The molecule has 1 heterocycles. The van der Waals surface area contributed by atoms with E-state index in [9.17, 15) is 9.59 Å². The van der Waals surface area contributed by atoms with Gasteiger partial charge in [-0.3, -0.25) is 4.79 Å². The molecule has 132 valence electrons. The summed E-state index contributed by atoms with van der Waals surface area (Å²) in [6.45, 7) is 6.72. The van der Waals surface area contributed by atoms with Gasteiger partial charge in [-0.1, -0.05) is 31.5 Å². The first-order valence-corrected chi connectivity index (χ1v) is 8.60. The lowest BCUT2D eigenvalue weighted by Gasteiger charge is -2.37. The van der Waals surface area contributed by atoms with Crippen LogP contribution in [0.5, 0.6) is 0 Å². The molecule has 1 atom stereocenters. The van der Waals surface area contributed by atoms with Gasteiger partial charge in [-0.05, 0) is 30.5 Å². The second-order valence-electron chi connectivity index (χ2n) is 6.48. The van der Waals surface area contributed by atoms with Crippen molar-refractivity contribution in [2.45, 2.75) is 26.3 Å². The number of primary amides is 1. The summed E-state index contributed by atoms with van der Waals surface area (Å²) in [4.78, 5) is 27.8. The molecule has 0 radical (unpaired) electrons. The molecule has 0 aromatic heterocycles. The molecular formula is C17H25ClN4O2. The van der Waals surface area contributed by atoms with Crippen molar-refractivity contribution in [3.05, 3.63) is 29.3 Å². The topological polar surface area (TPSA) is 78.7 Å². The van der Waals surface area contributed by atoms with Gasteiger partial charge in [0.1, 0.15) is 6.04 Å². The van der Waals surface area contributed by atoms with Crippen molar-refractivity contribution in [2.24, 2.45) is 11.7 Å². The number of hydrogen-bond acceptors (Lipinski definition) is 3. The number of piperazine rings is 1. The van der Waals surface area contributed by atoms with E-state index in [1.807, 2.05) is 38.1 Å². The van der Waals surface area contributed by atoms with Gasteiger partial charge in [0.15, 0.2) is 0 Å². The van der Waals surface area contributed by atoms with Gasteiger partial charge in [0.05, 0.1) is 0 Å². The molecule has 0 spiro atoms. The molecule has 0 aliphatic carbocycles. The Balaban J connectivity index is 1.96. The number of carbonyl (C=O) groups excluding carboxylic acids is 2. The number of carbonyl (C=O) groups is 2. The number of urea groups is 1. The summed E-state index contributed by atoms with van der Waals surface area (Å²) in [6.07, 6.45) is 0.580. The Morgan fingerprint density at radius 1 is 1.25 bits per heavy atom. The minimum Gasteiger partial charge on any atom is -0.368 e. The molecule has 1 aliphatic heterocycles. The standard InChI is InChI=1S/C17H25ClN4O2/c1-12(2)10-15(20-17(19)24)16(23)22-8-6-21(7-9-22)14-5-3-4-13(18)11-14/h3-5,11-12,15H,6-10H2,1-2H3,(H3,19,20,24)/t15-/m0/s1. The number of nitrogens with zero attached hydrogens (tertiary/aromatic N) is 2. The van der Waals surface area contributed by atoms with Gasteiger partial charge in [0, 0.05) is 36.9 Å². The summed E-state index contributed by atoms with van der Waals surface area (Å²) in [5, 5.41) is 3.28. The Labute approximate surface area is 147 Å². The number of nitrogens with two attached hydrogens (primary N) is 1. The molecule has 24 heavy (non-hydrogen) atoms. The van der Waals surface area contributed by atoms with Crippen molar-refractivity contribution in [3.63, 3.8) is 0 Å². The van der Waals surface area contributed by atoms with Crippen LogP contribution < -0.4 is 16.0 Å². The molecular weight excluding hydrogens is 328 g/mol. The van der Waals surface area contributed by atoms with Gasteiger partial charge >= 0.3 is 6.03 Å². The van der Waals surface area contributed by atoms with E-state index in [4.69, 9.17) is 17.3 Å². The second kappa shape index (κ2) is 8.24. The van der Waals surface area contributed by atoms with E-state index in [2.05, 4.69) is 10.2 Å². The Hall–Kier alpha value is -1.95. The van der Waals surface area contributed by atoms with Gasteiger partial charge in [-0.15, -0.1) is 0 Å². The number of benzene rings is 1. The molecule has 3 amide bonds. The minimum absolute atomic E-state index is 0.0618. The van der Waals surface area contributed by atoms with Gasteiger partial charge in [0.25, 0.3) is 0 Å². The first-order chi connectivity index (χ1) is 11.4.